The van der Waals surface area contributed by atoms with Gasteiger partial charge < -0.3 is 10.2 Å². The van der Waals surface area contributed by atoms with Crippen LogP contribution in [0.2, 0.25) is 0 Å². The van der Waals surface area contributed by atoms with E-state index in [0.29, 0.717) is 23.6 Å². The maximum Gasteiger partial charge on any atom is 0.124 e. The summed E-state index contributed by atoms with van der Waals surface area (Å²) in [6.45, 7) is 0. The van der Waals surface area contributed by atoms with E-state index in [1.54, 1.807) is 24.6 Å². The SMILES string of the molecule is Oc1cc2ccccc2cc1C=NC1CC1.Oc1cc2ccccc2cc1C=NC1CC1.[Cu]. The Morgan fingerprint density at radius 2 is 0.909 bits per heavy atom. The molecule has 0 saturated heterocycles. The van der Waals surface area contributed by atoms with Gasteiger partial charge in [0.2, 0.25) is 0 Å². The summed E-state index contributed by atoms with van der Waals surface area (Å²) in [5.74, 6) is 0.617. The molecule has 5 heteroatoms. The first-order valence-electron chi connectivity index (χ1n) is 11.2. The molecule has 2 aliphatic carbocycles. The second-order valence-corrected chi connectivity index (χ2v) is 8.54. The van der Waals surface area contributed by atoms with Crippen LogP contribution in [0.1, 0.15) is 36.8 Å². The van der Waals surface area contributed by atoms with Crippen molar-refractivity contribution in [3.8, 4) is 11.5 Å². The molecule has 0 spiro atoms. The standard InChI is InChI=1S/2C14H13NO.Cu/c2*16-14-8-11-4-2-1-3-10(11)7-12(14)9-15-13-5-6-13;/h2*1-4,7-9,13,16H,5-6H2;. The number of benzene rings is 4. The summed E-state index contributed by atoms with van der Waals surface area (Å²) >= 11 is 0. The Balaban J connectivity index is 0.000000152. The molecule has 4 aromatic rings. The van der Waals surface area contributed by atoms with E-state index in [0.717, 1.165) is 32.7 Å². The zero-order valence-corrected chi connectivity index (χ0v) is 19.1. The maximum atomic E-state index is 9.85. The van der Waals surface area contributed by atoms with Gasteiger partial charge in [0, 0.05) is 40.6 Å². The summed E-state index contributed by atoms with van der Waals surface area (Å²) in [5.41, 5.74) is 1.62. The molecule has 2 fully saturated rings. The zero-order chi connectivity index (χ0) is 21.9. The Morgan fingerprint density at radius 1 is 0.576 bits per heavy atom. The third-order valence-electron chi connectivity index (χ3n) is 5.73. The van der Waals surface area contributed by atoms with Gasteiger partial charge in [0.1, 0.15) is 11.5 Å². The quantitative estimate of drug-likeness (QED) is 0.265. The zero-order valence-electron chi connectivity index (χ0n) is 18.2. The van der Waals surface area contributed by atoms with Crippen molar-refractivity contribution in [1.82, 2.24) is 0 Å². The average Bonchev–Trinajstić information content (AvgIpc) is 3.72. The molecular weight excluding hydrogens is 460 g/mol. The molecule has 4 aromatic carbocycles. The van der Waals surface area contributed by atoms with Crippen LogP contribution in [0.3, 0.4) is 0 Å². The molecule has 0 bridgehead atoms. The number of aromatic hydroxyl groups is 2. The minimum absolute atomic E-state index is 0. The van der Waals surface area contributed by atoms with E-state index in [-0.39, 0.29) is 17.1 Å². The van der Waals surface area contributed by atoms with Crippen LogP contribution >= 0.6 is 0 Å². The van der Waals surface area contributed by atoms with E-state index in [9.17, 15) is 10.2 Å². The number of phenolic OH excluding ortho intramolecular Hbond substituents is 2. The predicted molar refractivity (Wildman–Crippen MR) is 132 cm³/mol. The molecule has 0 aliphatic heterocycles. The van der Waals surface area contributed by atoms with Gasteiger partial charge in [0.15, 0.2) is 0 Å². The minimum atomic E-state index is 0. The molecule has 2 saturated carbocycles. The fourth-order valence-corrected chi connectivity index (χ4v) is 3.52. The summed E-state index contributed by atoms with van der Waals surface area (Å²) in [7, 11) is 0. The monoisotopic (exact) mass is 485 g/mol. The Kier molecular flexibility index (Phi) is 7.12. The van der Waals surface area contributed by atoms with Gasteiger partial charge in [-0.25, -0.2) is 0 Å². The second-order valence-electron chi connectivity index (χ2n) is 8.54. The number of nitrogens with zero attached hydrogens (tertiary/aromatic N) is 2. The van der Waals surface area contributed by atoms with E-state index >= 15 is 0 Å². The van der Waals surface area contributed by atoms with Crippen LogP contribution in [0.15, 0.2) is 82.8 Å². The van der Waals surface area contributed by atoms with Crippen LogP contribution in [0.25, 0.3) is 21.5 Å². The first-order chi connectivity index (χ1) is 15.7. The minimum Gasteiger partial charge on any atom is -0.507 e. The van der Waals surface area contributed by atoms with Crippen molar-refractivity contribution in [3.05, 3.63) is 83.9 Å². The van der Waals surface area contributed by atoms with Gasteiger partial charge >= 0.3 is 0 Å². The van der Waals surface area contributed by atoms with Gasteiger partial charge in [-0.3, -0.25) is 9.98 Å². The number of aliphatic imine (C=N–C) groups is 2. The van der Waals surface area contributed by atoms with Gasteiger partial charge in [0.05, 0.1) is 12.1 Å². The van der Waals surface area contributed by atoms with Crippen LogP contribution in [0.5, 0.6) is 11.5 Å². The molecular formula is C28H26CuN2O2. The van der Waals surface area contributed by atoms with Gasteiger partial charge in [-0.2, -0.15) is 0 Å². The maximum absolute atomic E-state index is 9.85. The summed E-state index contributed by atoms with van der Waals surface area (Å²) < 4.78 is 0. The topological polar surface area (TPSA) is 65.2 Å². The molecule has 1 radical (unpaired) electrons. The van der Waals surface area contributed by atoms with Crippen LogP contribution in [-0.4, -0.2) is 34.7 Å². The van der Waals surface area contributed by atoms with Gasteiger partial charge in [-0.05, 0) is 71.5 Å². The van der Waals surface area contributed by atoms with Gasteiger partial charge in [-0.15, -0.1) is 0 Å². The fourth-order valence-electron chi connectivity index (χ4n) is 3.52. The van der Waals surface area contributed by atoms with Crippen molar-refractivity contribution < 1.29 is 27.3 Å². The molecule has 0 unspecified atom stereocenters. The van der Waals surface area contributed by atoms with Crippen molar-refractivity contribution in [3.63, 3.8) is 0 Å². The first-order valence-corrected chi connectivity index (χ1v) is 11.2. The average molecular weight is 486 g/mol. The molecule has 0 aromatic heterocycles. The Hall–Kier alpha value is -3.14. The fraction of sp³-hybridized carbons (Fsp3) is 0.214. The number of hydrogen-bond donors (Lipinski definition) is 2. The number of hydrogen-bond acceptors (Lipinski definition) is 4. The van der Waals surface area contributed by atoms with Crippen molar-refractivity contribution in [1.29, 1.82) is 0 Å². The Bertz CT molecular complexity index is 1220. The number of phenols is 2. The summed E-state index contributed by atoms with van der Waals surface area (Å²) in [4.78, 5) is 8.78. The Labute approximate surface area is 204 Å². The third kappa shape index (κ3) is 6.01. The van der Waals surface area contributed by atoms with Crippen LogP contribution in [0, 0.1) is 0 Å². The molecule has 0 amide bonds. The summed E-state index contributed by atoms with van der Waals surface area (Å²) in [5, 5.41) is 24.1. The van der Waals surface area contributed by atoms with Crippen molar-refractivity contribution in [2.24, 2.45) is 9.98 Å². The van der Waals surface area contributed by atoms with Crippen LogP contribution in [0.4, 0.5) is 0 Å². The molecule has 171 valence electrons. The molecule has 4 nitrogen and oxygen atoms in total. The number of rotatable bonds is 4. The smallest absolute Gasteiger partial charge is 0.124 e. The molecule has 0 heterocycles. The van der Waals surface area contributed by atoms with Gasteiger partial charge in [0.25, 0.3) is 0 Å². The number of fused-ring (bicyclic) bond motifs is 2. The molecule has 2 N–H and O–H groups in total. The third-order valence-corrected chi connectivity index (χ3v) is 5.73. The van der Waals surface area contributed by atoms with Crippen LogP contribution in [-0.2, 0) is 17.1 Å². The van der Waals surface area contributed by atoms with Crippen LogP contribution < -0.4 is 0 Å². The molecule has 6 rings (SSSR count). The largest absolute Gasteiger partial charge is 0.507 e. The molecule has 2 aliphatic rings. The summed E-state index contributed by atoms with van der Waals surface area (Å²) in [6.07, 6.45) is 8.32. The summed E-state index contributed by atoms with van der Waals surface area (Å²) in [6, 6.07) is 24.6. The molecule has 0 atom stereocenters. The molecule has 33 heavy (non-hydrogen) atoms. The Morgan fingerprint density at radius 3 is 1.24 bits per heavy atom. The van der Waals surface area contributed by atoms with E-state index in [2.05, 4.69) is 9.98 Å². The van der Waals surface area contributed by atoms with Crippen molar-refractivity contribution >= 4 is 34.0 Å². The van der Waals surface area contributed by atoms with E-state index in [1.807, 2.05) is 60.7 Å². The predicted octanol–water partition coefficient (Wildman–Crippen LogP) is 6.25. The van der Waals surface area contributed by atoms with E-state index in [4.69, 9.17) is 0 Å². The van der Waals surface area contributed by atoms with E-state index < -0.39 is 0 Å². The second kappa shape index (κ2) is 10.2. The van der Waals surface area contributed by atoms with Gasteiger partial charge in [-0.1, -0.05) is 48.5 Å². The first kappa shape index (κ1) is 23.0. The normalized spacial score (nSPS) is 15.5. The van der Waals surface area contributed by atoms with Crippen molar-refractivity contribution in [2.75, 3.05) is 0 Å². The van der Waals surface area contributed by atoms with Crippen molar-refractivity contribution in [2.45, 2.75) is 37.8 Å². The van der Waals surface area contributed by atoms with E-state index in [1.165, 1.54) is 25.7 Å².